The molecule has 5 nitrogen and oxygen atoms in total. The van der Waals surface area contributed by atoms with Crippen LogP contribution in [0.15, 0.2) is 24.3 Å². The zero-order valence-corrected chi connectivity index (χ0v) is 13.1. The Morgan fingerprint density at radius 1 is 1.35 bits per heavy atom. The van der Waals surface area contributed by atoms with Crippen molar-refractivity contribution in [2.75, 3.05) is 11.9 Å². The molecule has 0 aliphatic heterocycles. The average Bonchev–Trinajstić information content (AvgIpc) is 2.39. The monoisotopic (exact) mass is 342 g/mol. The number of carbonyl (C=O) groups excluding carboxylic acids is 2. The van der Waals surface area contributed by atoms with Gasteiger partial charge in [0.05, 0.1) is 23.5 Å². The first-order chi connectivity index (χ1) is 9.41. The maximum Gasteiger partial charge on any atom is 0.238 e. The SMILES string of the molecule is CC(C)C(Br)C(=O)Nc1ccccc1OCCC(N)=O. The Morgan fingerprint density at radius 2 is 2.00 bits per heavy atom. The number of carbonyl (C=O) groups is 2. The number of hydrogen-bond donors (Lipinski definition) is 2. The Bertz CT molecular complexity index is 477. The molecule has 0 saturated heterocycles. The number of nitrogens with two attached hydrogens (primary N) is 1. The molecular weight excluding hydrogens is 324 g/mol. The number of alkyl halides is 1. The van der Waals surface area contributed by atoms with Crippen LogP contribution in [0.4, 0.5) is 5.69 Å². The van der Waals surface area contributed by atoms with E-state index in [0.29, 0.717) is 11.4 Å². The number of nitrogens with one attached hydrogen (secondary N) is 1. The molecule has 1 rings (SSSR count). The largest absolute Gasteiger partial charge is 0.491 e. The summed E-state index contributed by atoms with van der Waals surface area (Å²) in [6.07, 6.45) is 0.134. The summed E-state index contributed by atoms with van der Waals surface area (Å²) in [7, 11) is 0. The van der Waals surface area contributed by atoms with Crippen molar-refractivity contribution in [2.45, 2.75) is 25.1 Å². The van der Waals surface area contributed by atoms with Crippen molar-refractivity contribution in [3.63, 3.8) is 0 Å². The van der Waals surface area contributed by atoms with Gasteiger partial charge in [-0.3, -0.25) is 9.59 Å². The Labute approximate surface area is 127 Å². The van der Waals surface area contributed by atoms with Gasteiger partial charge in [-0.15, -0.1) is 0 Å². The maximum absolute atomic E-state index is 12.0. The summed E-state index contributed by atoms with van der Waals surface area (Å²) < 4.78 is 5.46. The lowest BCUT2D eigenvalue weighted by molar-refractivity contribution is -0.118. The number of primary amides is 1. The number of hydrogen-bond acceptors (Lipinski definition) is 3. The molecule has 0 aromatic heterocycles. The summed E-state index contributed by atoms with van der Waals surface area (Å²) in [4.78, 5) is 22.4. The minimum atomic E-state index is -0.424. The molecule has 3 N–H and O–H groups in total. The molecule has 1 atom stereocenters. The Morgan fingerprint density at radius 3 is 2.60 bits per heavy atom. The summed E-state index contributed by atoms with van der Waals surface area (Å²) in [5, 5.41) is 2.80. The van der Waals surface area contributed by atoms with Crippen LogP contribution >= 0.6 is 15.9 Å². The second-order valence-electron chi connectivity index (χ2n) is 4.70. The van der Waals surface area contributed by atoms with Crippen LogP contribution in [0.5, 0.6) is 5.75 Å². The fourth-order valence-electron chi connectivity index (χ4n) is 1.46. The number of anilines is 1. The molecule has 2 amide bonds. The van der Waals surface area contributed by atoms with E-state index in [1.54, 1.807) is 24.3 Å². The molecule has 0 aliphatic rings. The van der Waals surface area contributed by atoms with E-state index in [4.69, 9.17) is 10.5 Å². The molecule has 1 aromatic rings. The zero-order valence-electron chi connectivity index (χ0n) is 11.6. The minimum absolute atomic E-state index is 0.133. The highest BCUT2D eigenvalue weighted by molar-refractivity contribution is 9.10. The molecule has 0 heterocycles. The smallest absolute Gasteiger partial charge is 0.238 e. The Balaban J connectivity index is 2.70. The van der Waals surface area contributed by atoms with Crippen LogP contribution in [0.3, 0.4) is 0 Å². The summed E-state index contributed by atoms with van der Waals surface area (Å²) in [5.74, 6) is 0.140. The van der Waals surface area contributed by atoms with Gasteiger partial charge in [0.2, 0.25) is 11.8 Å². The lowest BCUT2D eigenvalue weighted by atomic mass is 10.1. The van der Waals surface area contributed by atoms with Gasteiger partial charge in [-0.1, -0.05) is 41.9 Å². The molecule has 20 heavy (non-hydrogen) atoms. The lowest BCUT2D eigenvalue weighted by Crippen LogP contribution is -2.27. The van der Waals surface area contributed by atoms with Gasteiger partial charge in [0.1, 0.15) is 5.75 Å². The average molecular weight is 343 g/mol. The third kappa shape index (κ3) is 5.21. The van der Waals surface area contributed by atoms with E-state index in [9.17, 15) is 9.59 Å². The second-order valence-corrected chi connectivity index (χ2v) is 5.68. The van der Waals surface area contributed by atoms with Crippen molar-refractivity contribution in [3.8, 4) is 5.75 Å². The molecule has 1 aromatic carbocycles. The molecule has 0 fully saturated rings. The molecule has 0 saturated carbocycles. The highest BCUT2D eigenvalue weighted by atomic mass is 79.9. The predicted molar refractivity (Wildman–Crippen MR) is 81.9 cm³/mol. The van der Waals surface area contributed by atoms with E-state index in [-0.39, 0.29) is 29.7 Å². The third-order valence-corrected chi connectivity index (χ3v) is 4.06. The van der Waals surface area contributed by atoms with Gasteiger partial charge < -0.3 is 15.8 Å². The van der Waals surface area contributed by atoms with Gasteiger partial charge in [0, 0.05) is 0 Å². The van der Waals surface area contributed by atoms with Crippen molar-refractivity contribution < 1.29 is 14.3 Å². The van der Waals surface area contributed by atoms with Crippen LogP contribution in [0.1, 0.15) is 20.3 Å². The van der Waals surface area contributed by atoms with Crippen molar-refractivity contribution in [1.82, 2.24) is 0 Å². The van der Waals surface area contributed by atoms with Crippen molar-refractivity contribution in [2.24, 2.45) is 11.7 Å². The van der Waals surface area contributed by atoms with Gasteiger partial charge in [-0.05, 0) is 18.1 Å². The molecule has 0 aliphatic carbocycles. The van der Waals surface area contributed by atoms with Gasteiger partial charge in [0.15, 0.2) is 0 Å². The summed E-state index contributed by atoms with van der Waals surface area (Å²) in [6.45, 7) is 4.09. The van der Waals surface area contributed by atoms with Crippen LogP contribution < -0.4 is 15.8 Å². The molecule has 1 unspecified atom stereocenters. The fraction of sp³-hybridized carbons (Fsp3) is 0.429. The maximum atomic E-state index is 12.0. The number of halogens is 1. The number of rotatable bonds is 7. The third-order valence-electron chi connectivity index (χ3n) is 2.59. The first kappa shape index (κ1) is 16.5. The topological polar surface area (TPSA) is 81.4 Å². The first-order valence-electron chi connectivity index (χ1n) is 6.37. The second kappa shape index (κ2) is 7.89. The molecule has 0 bridgehead atoms. The van der Waals surface area contributed by atoms with Gasteiger partial charge in [0.25, 0.3) is 0 Å². The summed E-state index contributed by atoms with van der Waals surface area (Å²) in [5.41, 5.74) is 5.63. The molecule has 0 spiro atoms. The summed E-state index contributed by atoms with van der Waals surface area (Å²) >= 11 is 3.35. The van der Waals surface area contributed by atoms with Gasteiger partial charge in [-0.25, -0.2) is 0 Å². The lowest BCUT2D eigenvalue weighted by Gasteiger charge is -2.16. The highest BCUT2D eigenvalue weighted by Gasteiger charge is 2.19. The van der Waals surface area contributed by atoms with Crippen LogP contribution in [0, 0.1) is 5.92 Å². The zero-order chi connectivity index (χ0) is 15.1. The highest BCUT2D eigenvalue weighted by Crippen LogP contribution is 2.25. The number of para-hydroxylation sites is 2. The Kier molecular flexibility index (Phi) is 6.51. The first-order valence-corrected chi connectivity index (χ1v) is 7.28. The quantitative estimate of drug-likeness (QED) is 0.746. The summed E-state index contributed by atoms with van der Waals surface area (Å²) in [6, 6.07) is 7.07. The minimum Gasteiger partial charge on any atom is -0.491 e. The van der Waals surface area contributed by atoms with Crippen molar-refractivity contribution in [3.05, 3.63) is 24.3 Å². The van der Waals surface area contributed by atoms with E-state index in [1.807, 2.05) is 13.8 Å². The number of amides is 2. The Hall–Kier alpha value is -1.56. The molecule has 0 radical (unpaired) electrons. The van der Waals surface area contributed by atoms with Crippen molar-refractivity contribution >= 4 is 33.4 Å². The molecular formula is C14H19BrN2O3. The van der Waals surface area contributed by atoms with E-state index in [2.05, 4.69) is 21.2 Å². The standard InChI is InChI=1S/C14H19BrN2O3/c1-9(2)13(15)14(19)17-10-5-3-4-6-11(10)20-8-7-12(16)18/h3-6,9,13H,7-8H2,1-2H3,(H2,16,18)(H,17,19). The molecule has 110 valence electrons. The van der Waals surface area contributed by atoms with Crippen LogP contribution in [0.25, 0.3) is 0 Å². The molecule has 6 heteroatoms. The number of ether oxygens (including phenoxy) is 1. The van der Waals surface area contributed by atoms with E-state index >= 15 is 0 Å². The fourth-order valence-corrected chi connectivity index (χ4v) is 1.58. The van der Waals surface area contributed by atoms with Crippen molar-refractivity contribution in [1.29, 1.82) is 0 Å². The van der Waals surface area contributed by atoms with Gasteiger partial charge >= 0.3 is 0 Å². The van der Waals surface area contributed by atoms with Crippen LogP contribution in [-0.4, -0.2) is 23.2 Å². The van der Waals surface area contributed by atoms with E-state index in [0.717, 1.165) is 0 Å². The predicted octanol–water partition coefficient (Wildman–Crippen LogP) is 2.30. The van der Waals surface area contributed by atoms with E-state index in [1.165, 1.54) is 0 Å². The van der Waals surface area contributed by atoms with Crippen LogP contribution in [0.2, 0.25) is 0 Å². The normalized spacial score (nSPS) is 12.0. The number of benzene rings is 1. The van der Waals surface area contributed by atoms with E-state index < -0.39 is 5.91 Å². The van der Waals surface area contributed by atoms with Gasteiger partial charge in [-0.2, -0.15) is 0 Å². The van der Waals surface area contributed by atoms with Crippen LogP contribution in [-0.2, 0) is 9.59 Å².